The minimum Gasteiger partial charge on any atom is -0.507 e. The number of rotatable bonds is 20. The lowest BCUT2D eigenvalue weighted by Gasteiger charge is -2.33. The molecule has 0 heterocycles. The highest BCUT2D eigenvalue weighted by Gasteiger charge is 2.40. The summed E-state index contributed by atoms with van der Waals surface area (Å²) < 4.78 is 13.1. The van der Waals surface area contributed by atoms with Gasteiger partial charge < -0.3 is 19.7 Å². The molecule has 2 N–H and O–H groups in total. The molecule has 2 aromatic rings. The molecule has 5 nitrogen and oxygen atoms in total. The van der Waals surface area contributed by atoms with Gasteiger partial charge in [-0.1, -0.05) is 85.4 Å². The third kappa shape index (κ3) is 13.4. The van der Waals surface area contributed by atoms with Crippen LogP contribution in [0.15, 0.2) is 69.9 Å². The van der Waals surface area contributed by atoms with Gasteiger partial charge >= 0.3 is 0 Å². The van der Waals surface area contributed by atoms with E-state index in [1.807, 2.05) is 53.7 Å². The van der Waals surface area contributed by atoms with Gasteiger partial charge in [0.05, 0.1) is 0 Å². The molecule has 0 spiro atoms. The quantitative estimate of drug-likeness (QED) is 0.131. The number of hydrogen-bond acceptors (Lipinski definition) is 5. The summed E-state index contributed by atoms with van der Waals surface area (Å²) >= 11 is 0. The molecule has 320 valence electrons. The van der Waals surface area contributed by atoms with Gasteiger partial charge in [-0.25, -0.2) is 0 Å². The monoisotopic (exact) mass is 795 g/mol. The first-order valence-corrected chi connectivity index (χ1v) is 21.4. The molecule has 5 heteroatoms. The minimum absolute atomic E-state index is 0.0131. The maximum absolute atomic E-state index is 15.8. The zero-order valence-electron chi connectivity index (χ0n) is 39.6. The van der Waals surface area contributed by atoms with Gasteiger partial charge in [0.1, 0.15) is 42.0 Å². The number of hydrogen-bond donors (Lipinski definition) is 2. The number of allylic oxidation sites excluding steroid dienone is 10. The Morgan fingerprint density at radius 1 is 0.466 bits per heavy atom. The second-order valence-corrected chi connectivity index (χ2v) is 18.3. The topological polar surface area (TPSA) is 76.0 Å². The molecule has 2 rings (SSSR count). The maximum Gasteiger partial charge on any atom is 0.148 e. The number of ether oxygens (including phenoxy) is 2. The van der Waals surface area contributed by atoms with Gasteiger partial charge in [0.25, 0.3) is 0 Å². The molecule has 0 amide bonds. The Morgan fingerprint density at radius 2 is 0.724 bits per heavy atom. The van der Waals surface area contributed by atoms with Crippen LogP contribution in [0.25, 0.3) is 0 Å². The first kappa shape index (κ1) is 49.9. The molecule has 0 radical (unpaired) electrons. The van der Waals surface area contributed by atoms with Crippen molar-refractivity contribution < 1.29 is 24.5 Å². The summed E-state index contributed by atoms with van der Waals surface area (Å²) in [6.45, 7) is 37.8. The molecule has 0 saturated carbocycles. The smallest absolute Gasteiger partial charge is 0.148 e. The van der Waals surface area contributed by atoms with Gasteiger partial charge in [0.15, 0.2) is 0 Å². The van der Waals surface area contributed by atoms with Crippen molar-refractivity contribution in [1.29, 1.82) is 0 Å². The van der Waals surface area contributed by atoms with E-state index in [-0.39, 0.29) is 29.1 Å². The summed E-state index contributed by atoms with van der Waals surface area (Å²) in [5.74, 6) is -0.0416. The van der Waals surface area contributed by atoms with Gasteiger partial charge in [0.2, 0.25) is 0 Å². The Hall–Kier alpha value is -4.25. The average Bonchev–Trinajstić information content (AvgIpc) is 3.09. The normalized spacial score (nSPS) is 12.1. The zero-order chi connectivity index (χ0) is 44.2. The fourth-order valence-electron chi connectivity index (χ4n) is 7.52. The highest BCUT2D eigenvalue weighted by Crippen LogP contribution is 2.50. The molecule has 0 aliphatic carbocycles. The van der Waals surface area contributed by atoms with Crippen molar-refractivity contribution in [2.75, 3.05) is 13.2 Å². The predicted molar refractivity (Wildman–Crippen MR) is 248 cm³/mol. The number of ketones is 1. The fourth-order valence-corrected chi connectivity index (χ4v) is 7.52. The van der Waals surface area contributed by atoms with Crippen LogP contribution in [0.3, 0.4) is 0 Å². The van der Waals surface area contributed by atoms with Crippen LogP contribution in [0.4, 0.5) is 0 Å². The Labute approximate surface area is 353 Å². The SMILES string of the molecule is CC(C)=CCOc1c(CC=C(C)C)c(C)c(C(C(=O)C(c2c(C)c(CC=C(C)C)c(OCC=C(C)C)c(CC=C(C)C)c2O)C(C)C)C(C)C)c(O)c1CC=C(C)C. The van der Waals surface area contributed by atoms with Crippen LogP contribution in [0.1, 0.15) is 167 Å². The predicted octanol–water partition coefficient (Wildman–Crippen LogP) is 14.2. The highest BCUT2D eigenvalue weighted by atomic mass is 16.5. The molecule has 0 fully saturated rings. The van der Waals surface area contributed by atoms with Crippen molar-refractivity contribution in [3.05, 3.63) is 114 Å². The summed E-state index contributed by atoms with van der Waals surface area (Å²) in [6, 6.07) is 0. The summed E-state index contributed by atoms with van der Waals surface area (Å²) in [5, 5.41) is 25.1. The van der Waals surface area contributed by atoms with Crippen molar-refractivity contribution in [2.45, 2.75) is 162 Å². The molecule has 2 atom stereocenters. The van der Waals surface area contributed by atoms with E-state index in [0.717, 1.165) is 44.5 Å². The minimum atomic E-state index is -0.662. The molecule has 2 unspecified atom stereocenters. The lowest BCUT2D eigenvalue weighted by atomic mass is 9.70. The van der Waals surface area contributed by atoms with Crippen molar-refractivity contribution in [3.8, 4) is 23.0 Å². The summed E-state index contributed by atoms with van der Waals surface area (Å²) in [5.41, 5.74) is 13.3. The van der Waals surface area contributed by atoms with Gasteiger partial charge in [-0.3, -0.25) is 4.79 Å². The molecular formula is C53H78O5. The standard InChI is InChI=1S/C53H78O5/c1-31(2)19-23-41-39(17)47(49(54)43(25-21-33(5)6)52(41)57-29-27-35(9)10)45(37(13)14)51(56)46(38(15)16)48-40(18)42(24-20-32(3)4)53(58-30-28-36(11)12)44(50(48)55)26-22-34(7)8/h19-22,27-28,37-38,45-46,54-55H,23-26,29-30H2,1-18H3. The molecule has 0 saturated heterocycles. The van der Waals surface area contributed by atoms with Crippen molar-refractivity contribution in [1.82, 2.24) is 0 Å². The zero-order valence-corrected chi connectivity index (χ0v) is 39.6. The Kier molecular flexibility index (Phi) is 19.6. The number of phenols is 2. The lowest BCUT2D eigenvalue weighted by molar-refractivity contribution is -0.124. The number of Topliss-reactive ketones (excluding diaryl/α,β-unsaturated/α-hetero) is 1. The van der Waals surface area contributed by atoms with E-state index in [1.165, 1.54) is 11.1 Å². The van der Waals surface area contributed by atoms with Crippen LogP contribution in [-0.4, -0.2) is 29.2 Å². The number of aromatic hydroxyl groups is 2. The largest absolute Gasteiger partial charge is 0.507 e. The van der Waals surface area contributed by atoms with Crippen molar-refractivity contribution in [3.63, 3.8) is 0 Å². The summed E-state index contributed by atoms with van der Waals surface area (Å²) in [7, 11) is 0. The molecule has 0 aromatic heterocycles. The van der Waals surface area contributed by atoms with Crippen LogP contribution < -0.4 is 9.47 Å². The van der Waals surface area contributed by atoms with E-state index in [4.69, 9.17) is 9.47 Å². The Balaban J connectivity index is 3.20. The van der Waals surface area contributed by atoms with Gasteiger partial charge in [-0.05, 0) is 158 Å². The molecule has 0 aliphatic heterocycles. The van der Waals surface area contributed by atoms with E-state index in [2.05, 4.69) is 107 Å². The summed E-state index contributed by atoms with van der Waals surface area (Å²) in [6.07, 6.45) is 14.9. The second-order valence-electron chi connectivity index (χ2n) is 18.3. The van der Waals surface area contributed by atoms with Crippen LogP contribution in [-0.2, 0) is 30.5 Å². The van der Waals surface area contributed by atoms with Crippen LogP contribution >= 0.6 is 0 Å². The average molecular weight is 795 g/mol. The number of carbonyl (C=O) groups is 1. The van der Waals surface area contributed by atoms with Crippen molar-refractivity contribution >= 4 is 5.78 Å². The van der Waals surface area contributed by atoms with E-state index in [9.17, 15) is 10.2 Å². The fraction of sp³-hybridized carbons (Fsp3) is 0.528. The molecule has 58 heavy (non-hydrogen) atoms. The van der Waals surface area contributed by atoms with Gasteiger partial charge in [-0.2, -0.15) is 0 Å². The van der Waals surface area contributed by atoms with Crippen LogP contribution in [0, 0.1) is 25.7 Å². The van der Waals surface area contributed by atoms with E-state index in [0.29, 0.717) is 72.6 Å². The summed E-state index contributed by atoms with van der Waals surface area (Å²) in [4.78, 5) is 15.8. The Bertz CT molecular complexity index is 1700. The molecule has 0 bridgehead atoms. The van der Waals surface area contributed by atoms with Crippen LogP contribution in [0.5, 0.6) is 23.0 Å². The van der Waals surface area contributed by atoms with E-state index in [1.54, 1.807) is 0 Å². The number of benzene rings is 2. The molecular weight excluding hydrogens is 717 g/mol. The third-order valence-electron chi connectivity index (χ3n) is 10.8. The third-order valence-corrected chi connectivity index (χ3v) is 10.8. The maximum atomic E-state index is 15.8. The molecule has 2 aromatic carbocycles. The van der Waals surface area contributed by atoms with E-state index >= 15 is 4.79 Å². The first-order valence-electron chi connectivity index (χ1n) is 21.4. The Morgan fingerprint density at radius 3 is 0.966 bits per heavy atom. The highest BCUT2D eigenvalue weighted by molar-refractivity contribution is 5.95. The first-order chi connectivity index (χ1) is 27.0. The number of carbonyl (C=O) groups excluding carboxylic acids is 1. The van der Waals surface area contributed by atoms with Gasteiger partial charge in [0, 0.05) is 45.2 Å². The van der Waals surface area contributed by atoms with Crippen molar-refractivity contribution in [2.24, 2.45) is 11.8 Å². The van der Waals surface area contributed by atoms with Gasteiger partial charge in [-0.15, -0.1) is 0 Å². The van der Waals surface area contributed by atoms with E-state index < -0.39 is 11.8 Å². The van der Waals surface area contributed by atoms with Crippen LogP contribution in [0.2, 0.25) is 0 Å². The molecule has 0 aliphatic rings. The number of phenolic OH excluding ortho intramolecular Hbond substituents is 2. The lowest BCUT2D eigenvalue weighted by Crippen LogP contribution is -2.30. The second kappa shape index (κ2) is 22.8.